The number of aromatic nitrogens is 1. The molecule has 3 rings (SSSR count). The maximum absolute atomic E-state index is 13.3. The summed E-state index contributed by atoms with van der Waals surface area (Å²) in [5.41, 5.74) is 2.62. The predicted molar refractivity (Wildman–Crippen MR) is 101 cm³/mol. The van der Waals surface area contributed by atoms with Crippen LogP contribution in [-0.4, -0.2) is 24.0 Å². The Balaban J connectivity index is 1.45. The maximum Gasteiger partial charge on any atom is 0.257 e. The van der Waals surface area contributed by atoms with E-state index in [2.05, 4.69) is 10.3 Å². The van der Waals surface area contributed by atoms with Gasteiger partial charge in [-0.25, -0.2) is 9.37 Å². The van der Waals surface area contributed by atoms with E-state index in [1.54, 1.807) is 6.07 Å². The summed E-state index contributed by atoms with van der Waals surface area (Å²) >= 11 is 1.46. The third kappa shape index (κ3) is 4.89. The van der Waals surface area contributed by atoms with Crippen molar-refractivity contribution in [1.29, 1.82) is 0 Å². The van der Waals surface area contributed by atoms with Gasteiger partial charge in [-0.3, -0.25) is 4.79 Å². The highest BCUT2D eigenvalue weighted by Crippen LogP contribution is 2.24. The van der Waals surface area contributed by atoms with Crippen molar-refractivity contribution >= 4 is 17.2 Å². The molecule has 3 aromatic rings. The molecule has 26 heavy (non-hydrogen) atoms. The van der Waals surface area contributed by atoms with E-state index in [0.29, 0.717) is 18.7 Å². The van der Waals surface area contributed by atoms with Crippen LogP contribution >= 0.6 is 11.3 Å². The third-order valence-corrected chi connectivity index (χ3v) is 4.72. The molecule has 0 spiro atoms. The van der Waals surface area contributed by atoms with Crippen molar-refractivity contribution in [2.45, 2.75) is 13.3 Å². The summed E-state index contributed by atoms with van der Waals surface area (Å²) in [5, 5.41) is 5.52. The summed E-state index contributed by atoms with van der Waals surface area (Å²) in [7, 11) is 0. The monoisotopic (exact) mass is 370 g/mol. The molecule has 0 fully saturated rings. The summed E-state index contributed by atoms with van der Waals surface area (Å²) in [5.74, 6) is 0.260. The van der Waals surface area contributed by atoms with Crippen molar-refractivity contribution in [2.75, 3.05) is 13.2 Å². The van der Waals surface area contributed by atoms with E-state index in [1.165, 1.54) is 23.5 Å². The fourth-order valence-electron chi connectivity index (χ4n) is 2.42. The second kappa shape index (κ2) is 8.58. The van der Waals surface area contributed by atoms with Crippen LogP contribution in [-0.2, 0) is 11.2 Å². The molecule has 1 aromatic heterocycles. The summed E-state index contributed by atoms with van der Waals surface area (Å²) < 4.78 is 18.8. The van der Waals surface area contributed by atoms with E-state index < -0.39 is 0 Å². The molecule has 4 nitrogen and oxygen atoms in total. The van der Waals surface area contributed by atoms with Gasteiger partial charge in [0.15, 0.2) is 6.61 Å². The quantitative estimate of drug-likeness (QED) is 0.684. The van der Waals surface area contributed by atoms with Gasteiger partial charge in [-0.15, -0.1) is 11.3 Å². The fourth-order valence-corrected chi connectivity index (χ4v) is 3.27. The number of ether oxygens (including phenoxy) is 1. The second-order valence-corrected chi connectivity index (χ2v) is 6.67. The number of amides is 1. The molecule has 2 aromatic carbocycles. The smallest absolute Gasteiger partial charge is 0.257 e. The van der Waals surface area contributed by atoms with Gasteiger partial charge in [0.1, 0.15) is 16.6 Å². The first-order valence-corrected chi connectivity index (χ1v) is 9.15. The average molecular weight is 370 g/mol. The van der Waals surface area contributed by atoms with Crippen molar-refractivity contribution in [3.8, 4) is 16.3 Å². The van der Waals surface area contributed by atoms with Gasteiger partial charge in [-0.05, 0) is 30.7 Å². The van der Waals surface area contributed by atoms with E-state index in [-0.39, 0.29) is 18.3 Å². The van der Waals surface area contributed by atoms with E-state index >= 15 is 0 Å². The number of nitrogens with zero attached hydrogens (tertiary/aromatic N) is 1. The average Bonchev–Trinajstić information content (AvgIpc) is 3.10. The predicted octanol–water partition coefficient (Wildman–Crippen LogP) is 4.00. The molecule has 0 aliphatic rings. The number of hydrogen-bond acceptors (Lipinski definition) is 4. The normalized spacial score (nSPS) is 10.5. The first kappa shape index (κ1) is 18.1. The second-order valence-electron chi connectivity index (χ2n) is 5.81. The first-order chi connectivity index (χ1) is 12.6. The SMILES string of the molecule is Cc1ccccc1OCC(=O)NCCc1csc(-c2cccc(F)c2)n1. The van der Waals surface area contributed by atoms with Gasteiger partial charge >= 0.3 is 0 Å². The van der Waals surface area contributed by atoms with Crippen LogP contribution in [0.1, 0.15) is 11.3 Å². The highest BCUT2D eigenvalue weighted by molar-refractivity contribution is 7.13. The minimum absolute atomic E-state index is 0.0174. The number of benzene rings is 2. The third-order valence-electron chi connectivity index (χ3n) is 3.78. The lowest BCUT2D eigenvalue weighted by Gasteiger charge is -2.08. The van der Waals surface area contributed by atoms with Gasteiger partial charge in [0.05, 0.1) is 5.69 Å². The Morgan fingerprint density at radius 1 is 1.23 bits per heavy atom. The van der Waals surface area contributed by atoms with Gasteiger partial charge in [0, 0.05) is 23.9 Å². The van der Waals surface area contributed by atoms with Crippen LogP contribution in [0.25, 0.3) is 10.6 Å². The van der Waals surface area contributed by atoms with Crippen LogP contribution in [0.15, 0.2) is 53.9 Å². The van der Waals surface area contributed by atoms with Crippen LogP contribution in [0.3, 0.4) is 0 Å². The largest absolute Gasteiger partial charge is 0.484 e. The van der Waals surface area contributed by atoms with Crippen LogP contribution in [0.5, 0.6) is 5.75 Å². The summed E-state index contributed by atoms with van der Waals surface area (Å²) in [6, 6.07) is 13.9. The van der Waals surface area contributed by atoms with E-state index in [4.69, 9.17) is 4.74 Å². The number of hydrogen-bond donors (Lipinski definition) is 1. The van der Waals surface area contributed by atoms with Crippen molar-refractivity contribution in [3.05, 3.63) is 71.0 Å². The Bertz CT molecular complexity index is 895. The molecule has 0 saturated heterocycles. The summed E-state index contributed by atoms with van der Waals surface area (Å²) in [6.45, 7) is 2.39. The molecule has 0 atom stereocenters. The first-order valence-electron chi connectivity index (χ1n) is 8.27. The number of thiazole rings is 1. The Hall–Kier alpha value is -2.73. The highest BCUT2D eigenvalue weighted by atomic mass is 32.1. The van der Waals surface area contributed by atoms with Crippen LogP contribution in [0.4, 0.5) is 4.39 Å². The topological polar surface area (TPSA) is 51.2 Å². The standard InChI is InChI=1S/C20H19FN2O2S/c1-14-5-2-3-8-18(14)25-12-19(24)22-10-9-17-13-26-20(23-17)15-6-4-7-16(21)11-15/h2-8,11,13H,9-10,12H2,1H3,(H,22,24). The molecule has 1 amide bonds. The molecule has 0 aliphatic heterocycles. The number of carbonyl (C=O) groups excluding carboxylic acids is 1. The molecule has 134 valence electrons. The highest BCUT2D eigenvalue weighted by Gasteiger charge is 2.07. The molecular formula is C20H19FN2O2S. The summed E-state index contributed by atoms with van der Waals surface area (Å²) in [6.07, 6.45) is 0.613. The molecule has 6 heteroatoms. The number of carbonyl (C=O) groups is 1. The van der Waals surface area contributed by atoms with Crippen molar-refractivity contribution in [3.63, 3.8) is 0 Å². The zero-order valence-electron chi connectivity index (χ0n) is 14.4. The number of halogens is 1. The van der Waals surface area contributed by atoms with Gasteiger partial charge in [0.2, 0.25) is 0 Å². The molecule has 1 N–H and O–H groups in total. The molecule has 0 unspecified atom stereocenters. The minimum Gasteiger partial charge on any atom is -0.484 e. The van der Waals surface area contributed by atoms with E-state index in [1.807, 2.05) is 42.6 Å². The Morgan fingerprint density at radius 3 is 2.88 bits per heavy atom. The van der Waals surface area contributed by atoms with Gasteiger partial charge in [-0.2, -0.15) is 0 Å². The molecule has 0 bridgehead atoms. The lowest BCUT2D eigenvalue weighted by Crippen LogP contribution is -2.30. The van der Waals surface area contributed by atoms with Gasteiger partial charge in [0.25, 0.3) is 5.91 Å². The zero-order chi connectivity index (χ0) is 18.4. The molecule has 0 aliphatic carbocycles. The van der Waals surface area contributed by atoms with E-state index in [0.717, 1.165) is 21.8 Å². The molecule has 0 saturated carbocycles. The number of aryl methyl sites for hydroxylation is 1. The van der Waals surface area contributed by atoms with E-state index in [9.17, 15) is 9.18 Å². The van der Waals surface area contributed by atoms with Crippen LogP contribution in [0, 0.1) is 12.7 Å². The lowest BCUT2D eigenvalue weighted by molar-refractivity contribution is -0.123. The lowest BCUT2D eigenvalue weighted by atomic mass is 10.2. The minimum atomic E-state index is -0.278. The van der Waals surface area contributed by atoms with Gasteiger partial charge in [-0.1, -0.05) is 30.3 Å². The molecule has 0 radical (unpaired) electrons. The molecule has 1 heterocycles. The Morgan fingerprint density at radius 2 is 2.08 bits per heavy atom. The Labute approximate surface area is 155 Å². The van der Waals surface area contributed by atoms with Crippen molar-refractivity contribution < 1.29 is 13.9 Å². The van der Waals surface area contributed by atoms with Gasteiger partial charge < -0.3 is 10.1 Å². The number of nitrogens with one attached hydrogen (secondary N) is 1. The summed E-state index contributed by atoms with van der Waals surface area (Å²) in [4.78, 5) is 16.4. The van der Waals surface area contributed by atoms with Crippen molar-refractivity contribution in [1.82, 2.24) is 10.3 Å². The zero-order valence-corrected chi connectivity index (χ0v) is 15.2. The maximum atomic E-state index is 13.3. The fraction of sp³-hybridized carbons (Fsp3) is 0.200. The van der Waals surface area contributed by atoms with Crippen LogP contribution < -0.4 is 10.1 Å². The van der Waals surface area contributed by atoms with Crippen LogP contribution in [0.2, 0.25) is 0 Å². The Kier molecular flexibility index (Phi) is 5.96. The number of para-hydroxylation sites is 1. The number of rotatable bonds is 7. The molecular weight excluding hydrogens is 351 g/mol. The van der Waals surface area contributed by atoms with Crippen molar-refractivity contribution in [2.24, 2.45) is 0 Å².